The molecule has 3 aromatic carbocycles. The summed E-state index contributed by atoms with van der Waals surface area (Å²) in [6, 6.07) is 19.5. The number of piperidine rings is 1. The van der Waals surface area contributed by atoms with Crippen LogP contribution in [0, 0.1) is 0 Å². The maximum Gasteiger partial charge on any atom is 0.410 e. The van der Waals surface area contributed by atoms with E-state index in [1.165, 1.54) is 5.39 Å². The number of carbonyl (C=O) groups is 2. The lowest BCUT2D eigenvalue weighted by Crippen LogP contribution is -2.49. The number of rotatable bonds is 5. The molecule has 182 valence electrons. The molecule has 8 nitrogen and oxygen atoms in total. The fourth-order valence-corrected chi connectivity index (χ4v) is 4.86. The molecular formula is C27H29N3O5. The third kappa shape index (κ3) is 4.69. The first-order valence-corrected chi connectivity index (χ1v) is 11.7. The molecule has 35 heavy (non-hydrogen) atoms. The first kappa shape index (κ1) is 22.8. The van der Waals surface area contributed by atoms with E-state index >= 15 is 0 Å². The van der Waals surface area contributed by atoms with Gasteiger partial charge in [-0.3, -0.25) is 4.90 Å². The number of ether oxygens (including phenoxy) is 3. The van der Waals surface area contributed by atoms with E-state index in [2.05, 4.69) is 35.6 Å². The second-order valence-electron chi connectivity index (χ2n) is 9.07. The van der Waals surface area contributed by atoms with Gasteiger partial charge in [-0.2, -0.15) is 0 Å². The van der Waals surface area contributed by atoms with Crippen LogP contribution in [0.15, 0.2) is 60.7 Å². The summed E-state index contributed by atoms with van der Waals surface area (Å²) < 4.78 is 16.5. The highest BCUT2D eigenvalue weighted by molar-refractivity contribution is 5.91. The van der Waals surface area contributed by atoms with Crippen molar-refractivity contribution in [2.75, 3.05) is 39.2 Å². The Hall–Kier alpha value is -3.94. The lowest BCUT2D eigenvalue weighted by Gasteiger charge is -2.37. The number of hydrogen-bond donors (Lipinski definition) is 1. The molecule has 2 fully saturated rings. The number of anilines is 1. The lowest BCUT2D eigenvalue weighted by molar-refractivity contribution is 0.0109. The van der Waals surface area contributed by atoms with Crippen LogP contribution in [-0.4, -0.2) is 61.4 Å². The molecule has 2 aliphatic heterocycles. The SMILES string of the molecule is COc1ccc(OC)c(NC(=O)N2CCC3(CC2)CN(Cc2ccc4ccccc4c2)C(=O)O3)c1. The van der Waals surface area contributed by atoms with E-state index in [-0.39, 0.29) is 12.1 Å². The molecule has 0 radical (unpaired) electrons. The fourth-order valence-electron chi connectivity index (χ4n) is 4.86. The highest BCUT2D eigenvalue weighted by Gasteiger charge is 2.47. The van der Waals surface area contributed by atoms with Crippen LogP contribution in [0.3, 0.4) is 0 Å². The van der Waals surface area contributed by atoms with Crippen LogP contribution >= 0.6 is 0 Å². The molecule has 0 aromatic heterocycles. The van der Waals surface area contributed by atoms with Crippen LogP contribution < -0.4 is 14.8 Å². The minimum Gasteiger partial charge on any atom is -0.497 e. The molecule has 2 aliphatic rings. The highest BCUT2D eigenvalue weighted by atomic mass is 16.6. The van der Waals surface area contributed by atoms with Gasteiger partial charge in [-0.15, -0.1) is 0 Å². The summed E-state index contributed by atoms with van der Waals surface area (Å²) in [5.41, 5.74) is 1.06. The van der Waals surface area contributed by atoms with Gasteiger partial charge in [0.25, 0.3) is 0 Å². The number of amides is 3. The second kappa shape index (κ2) is 9.37. The summed E-state index contributed by atoms with van der Waals surface area (Å²) >= 11 is 0. The molecular weight excluding hydrogens is 446 g/mol. The third-order valence-electron chi connectivity index (χ3n) is 6.84. The molecule has 1 spiro atoms. The smallest absolute Gasteiger partial charge is 0.410 e. The van der Waals surface area contributed by atoms with Crippen molar-refractivity contribution in [2.45, 2.75) is 25.0 Å². The number of carbonyl (C=O) groups excluding carboxylic acids is 2. The summed E-state index contributed by atoms with van der Waals surface area (Å²) in [5.74, 6) is 1.18. The largest absolute Gasteiger partial charge is 0.497 e. The predicted octanol–water partition coefficient (Wildman–Crippen LogP) is 4.88. The molecule has 1 N–H and O–H groups in total. The lowest BCUT2D eigenvalue weighted by atomic mass is 9.91. The van der Waals surface area contributed by atoms with Gasteiger partial charge in [0.05, 0.1) is 26.5 Å². The minimum atomic E-state index is -0.557. The Morgan fingerprint density at radius 1 is 1.00 bits per heavy atom. The van der Waals surface area contributed by atoms with Gasteiger partial charge < -0.3 is 24.4 Å². The van der Waals surface area contributed by atoms with Crippen LogP contribution in [-0.2, 0) is 11.3 Å². The van der Waals surface area contributed by atoms with Crippen molar-refractivity contribution in [2.24, 2.45) is 0 Å². The van der Waals surface area contributed by atoms with Gasteiger partial charge in [-0.05, 0) is 34.5 Å². The van der Waals surface area contributed by atoms with Gasteiger partial charge in [-0.25, -0.2) is 9.59 Å². The number of benzene rings is 3. The van der Waals surface area contributed by atoms with Crippen LogP contribution in [0.4, 0.5) is 15.3 Å². The molecule has 2 saturated heterocycles. The molecule has 3 aromatic rings. The fraction of sp³-hybridized carbons (Fsp3) is 0.333. The van der Waals surface area contributed by atoms with E-state index in [1.54, 1.807) is 42.2 Å². The molecule has 2 heterocycles. The minimum absolute atomic E-state index is 0.219. The first-order chi connectivity index (χ1) is 17.0. The topological polar surface area (TPSA) is 80.3 Å². The van der Waals surface area contributed by atoms with Crippen molar-refractivity contribution in [1.82, 2.24) is 9.80 Å². The van der Waals surface area contributed by atoms with Gasteiger partial charge in [0, 0.05) is 38.5 Å². The molecule has 0 saturated carbocycles. The van der Waals surface area contributed by atoms with Crippen molar-refractivity contribution < 1.29 is 23.8 Å². The van der Waals surface area contributed by atoms with E-state index in [9.17, 15) is 9.59 Å². The van der Waals surface area contributed by atoms with Crippen LogP contribution in [0.1, 0.15) is 18.4 Å². The quantitative estimate of drug-likeness (QED) is 0.569. The van der Waals surface area contributed by atoms with Crippen molar-refractivity contribution in [3.8, 4) is 11.5 Å². The number of hydrogen-bond acceptors (Lipinski definition) is 5. The standard InChI is InChI=1S/C27H29N3O5/c1-33-22-9-10-24(34-2)23(16-22)28-25(31)29-13-11-27(12-14-29)18-30(26(32)35-27)17-19-7-8-20-5-3-4-6-21(20)15-19/h3-10,15-16H,11-14,17-18H2,1-2H3,(H,28,31). The maximum atomic E-state index is 12.9. The van der Waals surface area contributed by atoms with Crippen molar-refractivity contribution in [3.05, 3.63) is 66.2 Å². The predicted molar refractivity (Wildman–Crippen MR) is 133 cm³/mol. The van der Waals surface area contributed by atoms with Crippen molar-refractivity contribution in [1.29, 1.82) is 0 Å². The molecule has 0 unspecified atom stereocenters. The maximum absolute atomic E-state index is 12.9. The number of methoxy groups -OCH3 is 2. The van der Waals surface area contributed by atoms with Gasteiger partial charge in [0.1, 0.15) is 17.1 Å². The summed E-state index contributed by atoms with van der Waals surface area (Å²) in [5, 5.41) is 5.24. The van der Waals surface area contributed by atoms with Gasteiger partial charge in [0.15, 0.2) is 0 Å². The van der Waals surface area contributed by atoms with Gasteiger partial charge in [-0.1, -0.05) is 36.4 Å². The molecule has 5 rings (SSSR count). The second-order valence-corrected chi connectivity index (χ2v) is 9.07. The summed E-state index contributed by atoms with van der Waals surface area (Å²) in [6.45, 7) is 2.02. The van der Waals surface area contributed by atoms with E-state index in [0.717, 1.165) is 10.9 Å². The van der Waals surface area contributed by atoms with Gasteiger partial charge in [0.2, 0.25) is 0 Å². The Balaban J connectivity index is 1.20. The highest BCUT2D eigenvalue weighted by Crippen LogP contribution is 2.35. The molecule has 8 heteroatoms. The number of urea groups is 1. The number of likely N-dealkylation sites (tertiary alicyclic amines) is 1. The van der Waals surface area contributed by atoms with Crippen LogP contribution in [0.5, 0.6) is 11.5 Å². The third-order valence-corrected chi connectivity index (χ3v) is 6.84. The summed E-state index contributed by atoms with van der Waals surface area (Å²) in [6.07, 6.45) is 0.891. The molecule has 0 atom stereocenters. The van der Waals surface area contributed by atoms with E-state index in [4.69, 9.17) is 14.2 Å². The number of nitrogens with one attached hydrogen (secondary N) is 1. The van der Waals surface area contributed by atoms with E-state index in [0.29, 0.717) is 56.2 Å². The van der Waals surface area contributed by atoms with Crippen LogP contribution in [0.25, 0.3) is 10.8 Å². The van der Waals surface area contributed by atoms with Crippen LogP contribution in [0.2, 0.25) is 0 Å². The molecule has 0 bridgehead atoms. The number of nitrogens with zero attached hydrogens (tertiary/aromatic N) is 2. The van der Waals surface area contributed by atoms with E-state index < -0.39 is 5.60 Å². The Morgan fingerprint density at radius 3 is 2.51 bits per heavy atom. The zero-order chi connectivity index (χ0) is 24.4. The molecule has 3 amide bonds. The Labute approximate surface area is 204 Å². The van der Waals surface area contributed by atoms with Gasteiger partial charge >= 0.3 is 12.1 Å². The zero-order valence-corrected chi connectivity index (χ0v) is 20.0. The Kier molecular flexibility index (Phi) is 6.11. The van der Waals surface area contributed by atoms with Crippen molar-refractivity contribution in [3.63, 3.8) is 0 Å². The normalized spacial score (nSPS) is 16.9. The summed E-state index contributed by atoms with van der Waals surface area (Å²) in [7, 11) is 3.13. The Morgan fingerprint density at radius 2 is 1.77 bits per heavy atom. The Bertz CT molecular complexity index is 1250. The van der Waals surface area contributed by atoms with Crippen molar-refractivity contribution >= 4 is 28.6 Å². The average Bonchev–Trinajstić information content (AvgIpc) is 3.18. The first-order valence-electron chi connectivity index (χ1n) is 11.7. The monoisotopic (exact) mass is 475 g/mol. The molecule has 0 aliphatic carbocycles. The summed E-state index contributed by atoms with van der Waals surface area (Å²) in [4.78, 5) is 29.1. The number of fused-ring (bicyclic) bond motifs is 1. The zero-order valence-electron chi connectivity index (χ0n) is 20.0. The van der Waals surface area contributed by atoms with E-state index in [1.807, 2.05) is 12.1 Å². The average molecular weight is 476 g/mol.